The van der Waals surface area contributed by atoms with Gasteiger partial charge in [-0.05, 0) is 31.5 Å². The first-order valence-corrected chi connectivity index (χ1v) is 8.85. The molecule has 0 saturated heterocycles. The topological polar surface area (TPSA) is 59.2 Å². The number of carbonyl (C=O) groups excluding carboxylic acids is 1. The average molecular weight is 367 g/mol. The Morgan fingerprint density at radius 3 is 2.48 bits per heavy atom. The highest BCUT2D eigenvalue weighted by Gasteiger charge is 2.18. The Balaban J connectivity index is 1.58. The Morgan fingerprint density at radius 1 is 1.15 bits per heavy atom. The van der Waals surface area contributed by atoms with Crippen LogP contribution in [0.3, 0.4) is 0 Å². The number of rotatable bonds is 6. The van der Waals surface area contributed by atoms with E-state index in [1.165, 1.54) is 12.1 Å². The number of carbonyl (C=O) groups is 1. The van der Waals surface area contributed by atoms with Crippen LogP contribution in [0, 0.1) is 12.7 Å². The Labute approximate surface area is 157 Å². The SMILES string of the molecule is Cc1ccc(-c2noc(CCC(=O)N(C)C(C)c3ccc(F)cc3)n2)cc1. The second kappa shape index (κ2) is 8.12. The lowest BCUT2D eigenvalue weighted by atomic mass is 10.1. The van der Waals surface area contributed by atoms with Crippen LogP contribution >= 0.6 is 0 Å². The molecule has 1 heterocycles. The highest BCUT2D eigenvalue weighted by molar-refractivity contribution is 5.76. The zero-order valence-corrected chi connectivity index (χ0v) is 15.6. The van der Waals surface area contributed by atoms with Crippen LogP contribution in [0.4, 0.5) is 4.39 Å². The predicted octanol–water partition coefficient (Wildman–Crippen LogP) is 4.34. The van der Waals surface area contributed by atoms with E-state index in [-0.39, 0.29) is 24.2 Å². The van der Waals surface area contributed by atoms with E-state index >= 15 is 0 Å². The molecule has 2 aromatic carbocycles. The van der Waals surface area contributed by atoms with Gasteiger partial charge in [0.2, 0.25) is 17.6 Å². The quantitative estimate of drug-likeness (QED) is 0.650. The fourth-order valence-corrected chi connectivity index (χ4v) is 2.75. The smallest absolute Gasteiger partial charge is 0.227 e. The molecule has 1 atom stereocenters. The standard InChI is InChI=1S/C21H22FN3O2/c1-14-4-6-17(7-5-14)21-23-19(27-24-21)12-13-20(26)25(3)15(2)16-8-10-18(22)11-9-16/h4-11,15H,12-13H2,1-3H3. The van der Waals surface area contributed by atoms with Gasteiger partial charge in [0.1, 0.15) is 5.82 Å². The fourth-order valence-electron chi connectivity index (χ4n) is 2.75. The maximum absolute atomic E-state index is 13.1. The molecule has 1 unspecified atom stereocenters. The lowest BCUT2D eigenvalue weighted by Gasteiger charge is -2.25. The maximum Gasteiger partial charge on any atom is 0.227 e. The fraction of sp³-hybridized carbons (Fsp3) is 0.286. The molecule has 1 amide bonds. The van der Waals surface area contributed by atoms with Crippen molar-refractivity contribution >= 4 is 5.91 Å². The van der Waals surface area contributed by atoms with Gasteiger partial charge < -0.3 is 9.42 Å². The second-order valence-electron chi connectivity index (χ2n) is 6.61. The molecule has 0 spiro atoms. The molecule has 6 heteroatoms. The normalized spacial score (nSPS) is 12.0. The van der Waals surface area contributed by atoms with Gasteiger partial charge in [0.05, 0.1) is 6.04 Å². The van der Waals surface area contributed by atoms with Crippen molar-refractivity contribution < 1.29 is 13.7 Å². The van der Waals surface area contributed by atoms with Crippen molar-refractivity contribution in [1.29, 1.82) is 0 Å². The molecule has 0 aliphatic rings. The molecule has 5 nitrogen and oxygen atoms in total. The molecular weight excluding hydrogens is 345 g/mol. The van der Waals surface area contributed by atoms with Gasteiger partial charge >= 0.3 is 0 Å². The Morgan fingerprint density at radius 2 is 1.81 bits per heavy atom. The molecule has 0 fully saturated rings. The molecule has 3 rings (SSSR count). The average Bonchev–Trinajstić information content (AvgIpc) is 3.15. The third-order valence-electron chi connectivity index (χ3n) is 4.66. The van der Waals surface area contributed by atoms with Crippen molar-refractivity contribution in [1.82, 2.24) is 15.0 Å². The van der Waals surface area contributed by atoms with Gasteiger partial charge in [0.15, 0.2) is 0 Å². The lowest BCUT2D eigenvalue weighted by Crippen LogP contribution is -2.29. The number of hydrogen-bond donors (Lipinski definition) is 0. The van der Waals surface area contributed by atoms with Gasteiger partial charge in [0.25, 0.3) is 0 Å². The van der Waals surface area contributed by atoms with Gasteiger partial charge in [0, 0.05) is 25.5 Å². The van der Waals surface area contributed by atoms with Gasteiger partial charge in [-0.25, -0.2) is 4.39 Å². The molecule has 0 N–H and O–H groups in total. The van der Waals surface area contributed by atoms with E-state index in [2.05, 4.69) is 10.1 Å². The molecule has 27 heavy (non-hydrogen) atoms. The number of amides is 1. The Kier molecular flexibility index (Phi) is 5.64. The van der Waals surface area contributed by atoms with Gasteiger partial charge in [-0.1, -0.05) is 47.1 Å². The summed E-state index contributed by atoms with van der Waals surface area (Å²) in [6, 6.07) is 13.9. The van der Waals surface area contributed by atoms with Gasteiger partial charge in [-0.2, -0.15) is 4.98 Å². The third kappa shape index (κ3) is 4.58. The lowest BCUT2D eigenvalue weighted by molar-refractivity contribution is -0.131. The first-order valence-electron chi connectivity index (χ1n) is 8.85. The van der Waals surface area contributed by atoms with Crippen LogP contribution in [0.2, 0.25) is 0 Å². The number of halogens is 1. The van der Waals surface area contributed by atoms with Gasteiger partial charge in [-0.3, -0.25) is 4.79 Å². The van der Waals surface area contributed by atoms with Crippen molar-refractivity contribution in [3.8, 4) is 11.4 Å². The Hall–Kier alpha value is -3.02. The van der Waals surface area contributed by atoms with Crippen LogP contribution in [0.5, 0.6) is 0 Å². The summed E-state index contributed by atoms with van der Waals surface area (Å²) in [5.74, 6) is 0.620. The number of aromatic nitrogens is 2. The van der Waals surface area contributed by atoms with Crippen LogP contribution in [0.15, 0.2) is 53.1 Å². The molecule has 0 saturated carbocycles. The van der Waals surface area contributed by atoms with Crippen molar-refractivity contribution in [3.05, 3.63) is 71.4 Å². The third-order valence-corrected chi connectivity index (χ3v) is 4.66. The molecule has 0 aliphatic carbocycles. The van der Waals surface area contributed by atoms with Crippen molar-refractivity contribution in [2.24, 2.45) is 0 Å². The molecule has 1 aromatic heterocycles. The first-order chi connectivity index (χ1) is 12.9. The van der Waals surface area contributed by atoms with Crippen LogP contribution < -0.4 is 0 Å². The van der Waals surface area contributed by atoms with E-state index in [0.717, 1.165) is 16.7 Å². The summed E-state index contributed by atoms with van der Waals surface area (Å²) in [6.45, 7) is 3.92. The second-order valence-corrected chi connectivity index (χ2v) is 6.61. The summed E-state index contributed by atoms with van der Waals surface area (Å²) in [7, 11) is 1.74. The zero-order chi connectivity index (χ0) is 19.4. The summed E-state index contributed by atoms with van der Waals surface area (Å²) in [6.07, 6.45) is 0.635. The van der Waals surface area contributed by atoms with Crippen molar-refractivity contribution in [3.63, 3.8) is 0 Å². The minimum Gasteiger partial charge on any atom is -0.339 e. The van der Waals surface area contributed by atoms with E-state index in [1.807, 2.05) is 38.1 Å². The van der Waals surface area contributed by atoms with E-state index in [0.29, 0.717) is 18.1 Å². The predicted molar refractivity (Wildman–Crippen MR) is 100 cm³/mol. The molecule has 3 aromatic rings. The summed E-state index contributed by atoms with van der Waals surface area (Å²) >= 11 is 0. The first kappa shape index (κ1) is 18.8. The summed E-state index contributed by atoms with van der Waals surface area (Å²) in [5, 5.41) is 3.98. The van der Waals surface area contributed by atoms with Crippen LogP contribution in [0.1, 0.15) is 36.4 Å². The monoisotopic (exact) mass is 367 g/mol. The molecule has 140 valence electrons. The minimum absolute atomic E-state index is 0.0399. The van der Waals surface area contributed by atoms with Crippen molar-refractivity contribution in [2.45, 2.75) is 32.7 Å². The van der Waals surface area contributed by atoms with E-state index in [4.69, 9.17) is 4.52 Å². The Bertz CT molecular complexity index is 904. The summed E-state index contributed by atoms with van der Waals surface area (Å²) in [5.41, 5.74) is 2.92. The zero-order valence-electron chi connectivity index (χ0n) is 15.6. The molecule has 0 radical (unpaired) electrons. The molecule has 0 bridgehead atoms. The van der Waals surface area contributed by atoms with Crippen LogP contribution in [-0.4, -0.2) is 28.0 Å². The molecular formula is C21H22FN3O2. The maximum atomic E-state index is 13.1. The summed E-state index contributed by atoms with van der Waals surface area (Å²) < 4.78 is 18.3. The van der Waals surface area contributed by atoms with E-state index in [9.17, 15) is 9.18 Å². The largest absolute Gasteiger partial charge is 0.339 e. The van der Waals surface area contributed by atoms with E-state index < -0.39 is 0 Å². The highest BCUT2D eigenvalue weighted by atomic mass is 19.1. The van der Waals surface area contributed by atoms with Gasteiger partial charge in [-0.15, -0.1) is 0 Å². The highest BCUT2D eigenvalue weighted by Crippen LogP contribution is 2.21. The number of nitrogens with zero attached hydrogens (tertiary/aromatic N) is 3. The van der Waals surface area contributed by atoms with Crippen molar-refractivity contribution in [2.75, 3.05) is 7.05 Å². The summed E-state index contributed by atoms with van der Waals surface area (Å²) in [4.78, 5) is 18.5. The van der Waals surface area contributed by atoms with Crippen LogP contribution in [0.25, 0.3) is 11.4 Å². The molecule has 0 aliphatic heterocycles. The van der Waals surface area contributed by atoms with E-state index in [1.54, 1.807) is 24.1 Å². The number of hydrogen-bond acceptors (Lipinski definition) is 4. The number of aryl methyl sites for hydroxylation is 2. The number of benzene rings is 2. The minimum atomic E-state index is -0.291. The van der Waals surface area contributed by atoms with Crippen LogP contribution in [-0.2, 0) is 11.2 Å².